The summed E-state index contributed by atoms with van der Waals surface area (Å²) in [4.78, 5) is 10.8. The number of nitrogens with one attached hydrogen (secondary N) is 1. The lowest BCUT2D eigenvalue weighted by Gasteiger charge is -2.10. The highest BCUT2D eigenvalue weighted by atomic mass is 19.4. The molecule has 0 spiro atoms. The van der Waals surface area contributed by atoms with Crippen LogP contribution < -0.4 is 5.32 Å². The number of anilines is 1. The molecule has 0 saturated heterocycles. The minimum Gasteiger partial charge on any atom is -0.469 e. The Hall–Kier alpha value is -1.79. The lowest BCUT2D eigenvalue weighted by Crippen LogP contribution is -2.11. The number of rotatable bonds is 4. The van der Waals surface area contributed by atoms with Crippen molar-refractivity contribution in [2.75, 3.05) is 19.0 Å². The van der Waals surface area contributed by atoms with Crippen molar-refractivity contribution in [1.82, 2.24) is 0 Å². The summed E-state index contributed by atoms with van der Waals surface area (Å²) in [6, 6.07) is 2.15. The van der Waals surface area contributed by atoms with Crippen LogP contribution in [0.25, 0.3) is 0 Å². The molecule has 3 nitrogen and oxygen atoms in total. The molecule has 1 rings (SSSR count). The largest absolute Gasteiger partial charge is 0.469 e. The van der Waals surface area contributed by atoms with Gasteiger partial charge in [-0.05, 0) is 18.2 Å². The maximum absolute atomic E-state index is 13.3. The van der Waals surface area contributed by atoms with Gasteiger partial charge in [0.25, 0.3) is 0 Å². The summed E-state index contributed by atoms with van der Waals surface area (Å²) in [6.07, 6.45) is -4.58. The zero-order valence-electron chi connectivity index (χ0n) is 9.47. The van der Waals surface area contributed by atoms with Crippen molar-refractivity contribution in [3.05, 3.63) is 29.6 Å². The number of methoxy groups -OCH3 is 1. The fourth-order valence-electron chi connectivity index (χ4n) is 1.24. The van der Waals surface area contributed by atoms with Gasteiger partial charge in [-0.3, -0.25) is 4.79 Å². The predicted octanol–water partition coefficient (Wildman–Crippen LogP) is 2.82. The molecule has 0 fully saturated rings. The summed E-state index contributed by atoms with van der Waals surface area (Å²) in [6.45, 7) is 0.0783. The van der Waals surface area contributed by atoms with Crippen LogP contribution in [0.15, 0.2) is 18.2 Å². The standard InChI is InChI=1S/C11H11F4NO2/c1-18-10(17)4-5-16-9-3-2-7(6-8(9)12)11(13,14)15/h2-3,6,16H,4-5H2,1H3. The third-order valence-electron chi connectivity index (χ3n) is 2.17. The number of hydrogen-bond donors (Lipinski definition) is 1. The van der Waals surface area contributed by atoms with E-state index >= 15 is 0 Å². The monoisotopic (exact) mass is 265 g/mol. The second kappa shape index (κ2) is 5.70. The molecule has 1 N–H and O–H groups in total. The van der Waals surface area contributed by atoms with E-state index in [1.54, 1.807) is 0 Å². The van der Waals surface area contributed by atoms with Crippen molar-refractivity contribution < 1.29 is 27.1 Å². The van der Waals surface area contributed by atoms with E-state index in [2.05, 4.69) is 10.1 Å². The zero-order chi connectivity index (χ0) is 13.8. The number of carbonyl (C=O) groups excluding carboxylic acids is 1. The van der Waals surface area contributed by atoms with Gasteiger partial charge in [-0.25, -0.2) is 4.39 Å². The summed E-state index contributed by atoms with van der Waals surface area (Å²) in [7, 11) is 1.21. The fourth-order valence-corrected chi connectivity index (χ4v) is 1.24. The smallest absolute Gasteiger partial charge is 0.416 e. The molecular formula is C11H11F4NO2. The van der Waals surface area contributed by atoms with Crippen LogP contribution in [0.3, 0.4) is 0 Å². The fraction of sp³-hybridized carbons (Fsp3) is 0.364. The highest BCUT2D eigenvalue weighted by Gasteiger charge is 2.31. The van der Waals surface area contributed by atoms with Crippen molar-refractivity contribution >= 4 is 11.7 Å². The first-order valence-electron chi connectivity index (χ1n) is 5.02. The number of esters is 1. The SMILES string of the molecule is COC(=O)CCNc1ccc(C(F)(F)F)cc1F. The van der Waals surface area contributed by atoms with Gasteiger partial charge in [0.05, 0.1) is 24.8 Å². The van der Waals surface area contributed by atoms with Gasteiger partial charge in [0, 0.05) is 6.54 Å². The normalized spacial score (nSPS) is 11.2. The van der Waals surface area contributed by atoms with Crippen LogP contribution in [0.5, 0.6) is 0 Å². The summed E-state index contributed by atoms with van der Waals surface area (Å²) >= 11 is 0. The number of ether oxygens (including phenoxy) is 1. The minimum atomic E-state index is -4.58. The Labute approximate surface area is 101 Å². The number of alkyl halides is 3. The molecule has 0 saturated carbocycles. The van der Waals surface area contributed by atoms with E-state index < -0.39 is 23.5 Å². The minimum absolute atomic E-state index is 0.00301. The highest BCUT2D eigenvalue weighted by Crippen LogP contribution is 2.31. The van der Waals surface area contributed by atoms with E-state index in [0.29, 0.717) is 6.07 Å². The maximum Gasteiger partial charge on any atom is 0.416 e. The second-order valence-electron chi connectivity index (χ2n) is 3.45. The first-order valence-corrected chi connectivity index (χ1v) is 5.02. The van der Waals surface area contributed by atoms with Gasteiger partial charge in [-0.1, -0.05) is 0 Å². The number of carbonyl (C=O) groups is 1. The molecule has 0 heterocycles. The van der Waals surface area contributed by atoms with E-state index in [4.69, 9.17) is 0 Å². The first kappa shape index (κ1) is 14.3. The molecule has 18 heavy (non-hydrogen) atoms. The number of benzene rings is 1. The molecule has 100 valence electrons. The van der Waals surface area contributed by atoms with Crippen LogP contribution in [0.4, 0.5) is 23.2 Å². The van der Waals surface area contributed by atoms with Crippen LogP contribution >= 0.6 is 0 Å². The predicted molar refractivity (Wildman–Crippen MR) is 56.5 cm³/mol. The second-order valence-corrected chi connectivity index (χ2v) is 3.45. The molecule has 0 aromatic heterocycles. The van der Waals surface area contributed by atoms with Gasteiger partial charge in [0.1, 0.15) is 5.82 Å². The number of halogens is 4. The van der Waals surface area contributed by atoms with E-state index in [-0.39, 0.29) is 18.7 Å². The molecule has 0 aliphatic heterocycles. The van der Waals surface area contributed by atoms with Gasteiger partial charge >= 0.3 is 12.1 Å². The quantitative estimate of drug-likeness (QED) is 0.672. The lowest BCUT2D eigenvalue weighted by molar-refractivity contribution is -0.140. The zero-order valence-corrected chi connectivity index (χ0v) is 9.47. The molecule has 1 aromatic rings. The first-order chi connectivity index (χ1) is 8.34. The molecule has 7 heteroatoms. The average molecular weight is 265 g/mol. The summed E-state index contributed by atoms with van der Waals surface area (Å²) < 4.78 is 54.4. The molecule has 0 aliphatic carbocycles. The summed E-state index contributed by atoms with van der Waals surface area (Å²) in [5.74, 6) is -1.51. The van der Waals surface area contributed by atoms with Gasteiger partial charge < -0.3 is 10.1 Å². The van der Waals surface area contributed by atoms with Crippen LogP contribution in [-0.4, -0.2) is 19.6 Å². The Morgan fingerprint density at radius 2 is 2.06 bits per heavy atom. The molecular weight excluding hydrogens is 254 g/mol. The van der Waals surface area contributed by atoms with Gasteiger partial charge in [0.15, 0.2) is 0 Å². The molecule has 0 amide bonds. The number of hydrogen-bond acceptors (Lipinski definition) is 3. The van der Waals surface area contributed by atoms with Gasteiger partial charge in [-0.15, -0.1) is 0 Å². The maximum atomic E-state index is 13.3. The van der Waals surface area contributed by atoms with Crippen molar-refractivity contribution in [1.29, 1.82) is 0 Å². The highest BCUT2D eigenvalue weighted by molar-refractivity contribution is 5.69. The molecule has 0 bridgehead atoms. The summed E-state index contributed by atoms with van der Waals surface area (Å²) in [5, 5.41) is 2.51. The van der Waals surface area contributed by atoms with Crippen LogP contribution in [0.2, 0.25) is 0 Å². The van der Waals surface area contributed by atoms with Crippen molar-refractivity contribution in [3.8, 4) is 0 Å². The average Bonchev–Trinajstić information content (AvgIpc) is 2.29. The molecule has 0 unspecified atom stereocenters. The lowest BCUT2D eigenvalue weighted by atomic mass is 10.2. The van der Waals surface area contributed by atoms with E-state index in [9.17, 15) is 22.4 Å². The Kier molecular flexibility index (Phi) is 4.52. The van der Waals surface area contributed by atoms with Crippen molar-refractivity contribution in [2.24, 2.45) is 0 Å². The van der Waals surface area contributed by atoms with E-state index in [1.165, 1.54) is 7.11 Å². The van der Waals surface area contributed by atoms with Crippen LogP contribution in [0.1, 0.15) is 12.0 Å². The van der Waals surface area contributed by atoms with Crippen molar-refractivity contribution in [3.63, 3.8) is 0 Å². The van der Waals surface area contributed by atoms with Crippen LogP contribution in [-0.2, 0) is 15.7 Å². The van der Waals surface area contributed by atoms with Gasteiger partial charge in [-0.2, -0.15) is 13.2 Å². The molecule has 0 aliphatic rings. The summed E-state index contributed by atoms with van der Waals surface area (Å²) in [5.41, 5.74) is -1.15. The van der Waals surface area contributed by atoms with E-state index in [0.717, 1.165) is 12.1 Å². The van der Waals surface area contributed by atoms with E-state index in [1.807, 2.05) is 0 Å². The van der Waals surface area contributed by atoms with Crippen molar-refractivity contribution in [2.45, 2.75) is 12.6 Å². The third kappa shape index (κ3) is 3.90. The van der Waals surface area contributed by atoms with Crippen LogP contribution in [0, 0.1) is 5.82 Å². The molecule has 0 radical (unpaired) electrons. The Bertz CT molecular complexity index is 432. The molecule has 1 aromatic carbocycles. The third-order valence-corrected chi connectivity index (χ3v) is 2.17. The molecule has 0 atom stereocenters. The topological polar surface area (TPSA) is 38.3 Å². The van der Waals surface area contributed by atoms with Gasteiger partial charge in [0.2, 0.25) is 0 Å². The Morgan fingerprint density at radius 1 is 1.39 bits per heavy atom. The Balaban J connectivity index is 2.66. The Morgan fingerprint density at radius 3 is 2.56 bits per heavy atom.